The molecule has 2 atom stereocenters. The number of ether oxygens (including phenoxy) is 2. The summed E-state index contributed by atoms with van der Waals surface area (Å²) >= 11 is 0. The second-order valence-corrected chi connectivity index (χ2v) is 11.8. The lowest BCUT2D eigenvalue weighted by atomic mass is 9.83. The molecule has 8 heteroatoms. The van der Waals surface area contributed by atoms with E-state index in [0.29, 0.717) is 12.0 Å². The van der Waals surface area contributed by atoms with Crippen molar-refractivity contribution in [1.82, 2.24) is 19.9 Å². The van der Waals surface area contributed by atoms with Crippen molar-refractivity contribution in [2.45, 2.75) is 65.7 Å². The number of hydrogen-bond acceptors (Lipinski definition) is 6. The third-order valence-electron chi connectivity index (χ3n) is 9.53. The molecule has 226 valence electrons. The summed E-state index contributed by atoms with van der Waals surface area (Å²) < 4.78 is 10.6. The van der Waals surface area contributed by atoms with Crippen LogP contribution in [0, 0.1) is 6.92 Å². The molecule has 0 unspecified atom stereocenters. The number of carbonyl (C=O) groups excluding carboxylic acids is 2. The highest BCUT2D eigenvalue weighted by Crippen LogP contribution is 2.45. The van der Waals surface area contributed by atoms with Gasteiger partial charge in [0.15, 0.2) is 5.76 Å². The Balaban J connectivity index is 1.78. The van der Waals surface area contributed by atoms with Gasteiger partial charge in [-0.1, -0.05) is 26.5 Å². The van der Waals surface area contributed by atoms with Crippen LogP contribution in [0.2, 0.25) is 0 Å². The van der Waals surface area contributed by atoms with E-state index in [1.165, 1.54) is 19.8 Å². The molecule has 4 aliphatic rings. The molecule has 0 saturated heterocycles. The largest absolute Gasteiger partial charge is 0.493 e. The Morgan fingerprint density at radius 1 is 1.02 bits per heavy atom. The van der Waals surface area contributed by atoms with Gasteiger partial charge in [0.2, 0.25) is 5.78 Å². The molecule has 0 spiro atoms. The molecule has 44 heavy (non-hydrogen) atoms. The lowest BCUT2D eigenvalue weighted by Gasteiger charge is -2.20. The first kappa shape index (κ1) is 29.4. The minimum absolute atomic E-state index is 0.0305. The Morgan fingerprint density at radius 2 is 1.75 bits per heavy atom. The number of allylic oxidation sites excluding steroid dienone is 6. The third-order valence-corrected chi connectivity index (χ3v) is 9.53. The fraction of sp³-hybridized carbons (Fsp3) is 0.333. The number of Topliss-reactive ketones (excluding diaryl/α,β-unsaturated/α-hetero) is 1. The second kappa shape index (κ2) is 11.1. The number of aryl methyl sites for hydroxylation is 1. The van der Waals surface area contributed by atoms with Crippen LogP contribution < -0.4 is 0 Å². The standard InChI is InChI=1S/C36H38N4O4/c1-9-21-17(3)25-14-27-19(5)23(11-12-32(41)44-8)34(39-27)33-35-24(13-31(43-7)36(33)42)20(6)28(40-35)16-30-22(10-2)18(4)26(38-30)15-29(21)37-25/h9,13-16,19,23,39-40H,1,10-12H2,2-8H3/t19-,23-/m0/s1. The maximum absolute atomic E-state index is 14.1. The van der Waals surface area contributed by atoms with Gasteiger partial charge in [-0.3, -0.25) is 9.59 Å². The number of aromatic nitrogens is 4. The smallest absolute Gasteiger partial charge is 0.305 e. The van der Waals surface area contributed by atoms with Crippen LogP contribution >= 0.6 is 0 Å². The van der Waals surface area contributed by atoms with Crippen LogP contribution in [-0.2, 0) is 14.3 Å². The number of methoxy groups -OCH3 is 2. The van der Waals surface area contributed by atoms with E-state index in [1.807, 2.05) is 26.0 Å². The summed E-state index contributed by atoms with van der Waals surface area (Å²) in [6.45, 7) is 14.5. The monoisotopic (exact) mass is 590 g/mol. The number of nitrogens with zero attached hydrogens (tertiary/aromatic N) is 2. The maximum atomic E-state index is 14.1. The number of aromatic amines is 2. The summed E-state index contributed by atoms with van der Waals surface area (Å²) in [5, 5.41) is 0. The van der Waals surface area contributed by atoms with Crippen molar-refractivity contribution in [2.75, 3.05) is 14.2 Å². The van der Waals surface area contributed by atoms with Crippen LogP contribution in [0.4, 0.5) is 0 Å². The van der Waals surface area contributed by atoms with Gasteiger partial charge in [-0.25, -0.2) is 9.97 Å². The third kappa shape index (κ3) is 4.51. The number of H-pyrrole nitrogens is 2. The summed E-state index contributed by atoms with van der Waals surface area (Å²) in [4.78, 5) is 43.7. The normalized spacial score (nSPS) is 18.3. The molecule has 0 aromatic carbocycles. The van der Waals surface area contributed by atoms with Gasteiger partial charge < -0.3 is 19.4 Å². The average Bonchev–Trinajstić information content (AvgIpc) is 3.68. The van der Waals surface area contributed by atoms with Gasteiger partial charge in [0.25, 0.3) is 0 Å². The summed E-state index contributed by atoms with van der Waals surface area (Å²) in [7, 11) is 2.92. The highest BCUT2D eigenvalue weighted by atomic mass is 16.5. The zero-order chi connectivity index (χ0) is 31.4. The van der Waals surface area contributed by atoms with E-state index in [0.717, 1.165) is 79.5 Å². The van der Waals surface area contributed by atoms with Crippen molar-refractivity contribution < 1.29 is 19.1 Å². The molecular weight excluding hydrogens is 552 g/mol. The summed E-state index contributed by atoms with van der Waals surface area (Å²) in [6, 6.07) is 6.18. The molecule has 0 fully saturated rings. The predicted molar refractivity (Wildman–Crippen MR) is 174 cm³/mol. The highest BCUT2D eigenvalue weighted by molar-refractivity contribution is 6.19. The van der Waals surface area contributed by atoms with Crippen molar-refractivity contribution in [3.63, 3.8) is 0 Å². The van der Waals surface area contributed by atoms with Crippen molar-refractivity contribution in [3.05, 3.63) is 87.5 Å². The van der Waals surface area contributed by atoms with Gasteiger partial charge in [-0.05, 0) is 80.2 Å². The molecule has 8 nitrogen and oxygen atoms in total. The topological polar surface area (TPSA) is 110 Å². The molecule has 0 radical (unpaired) electrons. The molecule has 6 rings (SSSR count). The average molecular weight is 591 g/mol. The number of ketones is 1. The molecule has 0 amide bonds. The van der Waals surface area contributed by atoms with Crippen LogP contribution in [0.3, 0.4) is 0 Å². The van der Waals surface area contributed by atoms with E-state index in [1.54, 1.807) is 0 Å². The zero-order valence-electron chi connectivity index (χ0n) is 26.4. The Hall–Kier alpha value is -4.72. The molecule has 3 aliphatic heterocycles. The Kier molecular flexibility index (Phi) is 7.40. The zero-order valence-corrected chi connectivity index (χ0v) is 26.4. The predicted octanol–water partition coefficient (Wildman–Crippen LogP) is 7.83. The van der Waals surface area contributed by atoms with Gasteiger partial charge in [0.1, 0.15) is 0 Å². The number of carbonyl (C=O) groups is 2. The number of nitrogens with one attached hydrogen (secondary N) is 2. The van der Waals surface area contributed by atoms with E-state index < -0.39 is 0 Å². The number of fused-ring (bicyclic) bond motifs is 8. The molecule has 2 aromatic heterocycles. The van der Waals surface area contributed by atoms with Gasteiger partial charge in [-0.15, -0.1) is 0 Å². The fourth-order valence-corrected chi connectivity index (χ4v) is 6.87. The van der Waals surface area contributed by atoms with E-state index >= 15 is 0 Å². The first-order valence-corrected chi connectivity index (χ1v) is 15.1. The van der Waals surface area contributed by atoms with Gasteiger partial charge in [-0.2, -0.15) is 0 Å². The molecule has 2 N–H and O–H groups in total. The summed E-state index contributed by atoms with van der Waals surface area (Å²) in [6.07, 6.45) is 5.22. The van der Waals surface area contributed by atoms with E-state index in [-0.39, 0.29) is 35.8 Å². The molecule has 2 aromatic rings. The molecule has 0 saturated carbocycles. The molecule has 8 bridgehead atoms. The summed E-state index contributed by atoms with van der Waals surface area (Å²) in [5.74, 6) is -0.404. The quantitative estimate of drug-likeness (QED) is 0.332. The van der Waals surface area contributed by atoms with Gasteiger partial charge >= 0.3 is 5.97 Å². The maximum Gasteiger partial charge on any atom is 0.305 e. The van der Waals surface area contributed by atoms with E-state index in [9.17, 15) is 9.59 Å². The van der Waals surface area contributed by atoms with Crippen LogP contribution in [0.5, 0.6) is 0 Å². The Morgan fingerprint density at radius 3 is 2.43 bits per heavy atom. The summed E-state index contributed by atoms with van der Waals surface area (Å²) in [5.41, 5.74) is 13.4. The van der Waals surface area contributed by atoms with Crippen LogP contribution in [0.1, 0.15) is 114 Å². The van der Waals surface area contributed by atoms with Crippen molar-refractivity contribution in [3.8, 4) is 0 Å². The van der Waals surface area contributed by atoms with Crippen LogP contribution in [0.25, 0.3) is 39.4 Å². The minimum Gasteiger partial charge on any atom is -0.493 e. The lowest BCUT2D eigenvalue weighted by molar-refractivity contribution is -0.140. The van der Waals surface area contributed by atoms with E-state index in [4.69, 9.17) is 19.4 Å². The second-order valence-electron chi connectivity index (χ2n) is 11.8. The van der Waals surface area contributed by atoms with Crippen molar-refractivity contribution in [2.24, 2.45) is 0 Å². The first-order valence-electron chi connectivity index (χ1n) is 15.1. The SMILES string of the molecule is C=CC1=C(C)c2cc3[nH]c(c4c5[nH]c(cc6nc(cc1n2)C(C)=C6CC)c(C)c5C=C(OC)C4=O)[C@@H](CCC(=O)OC)[C@@H]3C. The first-order chi connectivity index (χ1) is 21.1. The minimum atomic E-state index is -0.286. The number of esters is 1. The molecule has 1 aliphatic carbocycles. The van der Waals surface area contributed by atoms with Crippen LogP contribution in [0.15, 0.2) is 36.6 Å². The van der Waals surface area contributed by atoms with Crippen molar-refractivity contribution in [1.29, 1.82) is 0 Å². The highest BCUT2D eigenvalue weighted by Gasteiger charge is 2.36. The Labute approximate surface area is 257 Å². The van der Waals surface area contributed by atoms with Crippen LogP contribution in [-0.4, -0.2) is 45.9 Å². The fourth-order valence-electron chi connectivity index (χ4n) is 6.87. The van der Waals surface area contributed by atoms with Gasteiger partial charge in [0.05, 0.1) is 48.1 Å². The molecular formula is C36H38N4O4. The van der Waals surface area contributed by atoms with Crippen molar-refractivity contribution >= 4 is 51.2 Å². The lowest BCUT2D eigenvalue weighted by Crippen LogP contribution is -2.15. The van der Waals surface area contributed by atoms with Gasteiger partial charge in [0, 0.05) is 46.3 Å². The number of hydrogen-bond donors (Lipinski definition) is 2. The number of rotatable bonds is 6. The molecule has 5 heterocycles. The Bertz CT molecular complexity index is 1930. The van der Waals surface area contributed by atoms with E-state index in [2.05, 4.69) is 55.5 Å².